The molecule has 7 heteroatoms. The van der Waals surface area contributed by atoms with Crippen molar-refractivity contribution in [3.63, 3.8) is 0 Å². The van der Waals surface area contributed by atoms with Crippen molar-refractivity contribution in [2.75, 3.05) is 12.3 Å². The first-order valence-corrected chi connectivity index (χ1v) is 6.56. The minimum absolute atomic E-state index is 0.00128. The van der Waals surface area contributed by atoms with Gasteiger partial charge in [0.25, 0.3) is 0 Å². The van der Waals surface area contributed by atoms with Crippen LogP contribution in [-0.2, 0) is 10.5 Å². The van der Waals surface area contributed by atoms with E-state index in [1.165, 1.54) is 11.8 Å². The van der Waals surface area contributed by atoms with E-state index >= 15 is 0 Å². The first-order valence-electron chi connectivity index (χ1n) is 5.02. The SMILES string of the molecule is O=C(CSCc1ccc(Cl)cc1)NCC(F)(F)F. The number of hydrogen-bond acceptors (Lipinski definition) is 2. The fourth-order valence-corrected chi connectivity index (χ4v) is 2.04. The van der Waals surface area contributed by atoms with Crippen LogP contribution in [0.4, 0.5) is 13.2 Å². The van der Waals surface area contributed by atoms with E-state index in [0.29, 0.717) is 10.8 Å². The molecular weight excluding hydrogens is 287 g/mol. The monoisotopic (exact) mass is 297 g/mol. The molecule has 18 heavy (non-hydrogen) atoms. The van der Waals surface area contributed by atoms with Crippen LogP contribution in [0.3, 0.4) is 0 Å². The van der Waals surface area contributed by atoms with E-state index in [-0.39, 0.29) is 5.75 Å². The Morgan fingerprint density at radius 2 is 1.89 bits per heavy atom. The molecule has 100 valence electrons. The van der Waals surface area contributed by atoms with Crippen molar-refractivity contribution in [3.05, 3.63) is 34.9 Å². The van der Waals surface area contributed by atoms with Crippen molar-refractivity contribution >= 4 is 29.3 Å². The highest BCUT2D eigenvalue weighted by Gasteiger charge is 2.27. The summed E-state index contributed by atoms with van der Waals surface area (Å²) in [6.07, 6.45) is -4.36. The summed E-state index contributed by atoms with van der Waals surface area (Å²) in [5.41, 5.74) is 0.966. The van der Waals surface area contributed by atoms with Gasteiger partial charge in [-0.25, -0.2) is 0 Å². The van der Waals surface area contributed by atoms with E-state index in [4.69, 9.17) is 11.6 Å². The highest BCUT2D eigenvalue weighted by molar-refractivity contribution is 7.99. The molecule has 0 radical (unpaired) electrons. The molecule has 0 aromatic heterocycles. The van der Waals surface area contributed by atoms with E-state index in [2.05, 4.69) is 0 Å². The summed E-state index contributed by atoms with van der Waals surface area (Å²) >= 11 is 6.95. The molecule has 0 spiro atoms. The van der Waals surface area contributed by atoms with E-state index in [9.17, 15) is 18.0 Å². The molecule has 2 nitrogen and oxygen atoms in total. The summed E-state index contributed by atoms with van der Waals surface area (Å²) < 4.78 is 35.4. The smallest absolute Gasteiger partial charge is 0.346 e. The lowest BCUT2D eigenvalue weighted by molar-refractivity contribution is -0.136. The molecule has 0 aliphatic rings. The molecule has 1 N–H and O–H groups in total. The third-order valence-electron chi connectivity index (χ3n) is 1.90. The van der Waals surface area contributed by atoms with Gasteiger partial charge in [-0.3, -0.25) is 4.79 Å². The predicted molar refractivity (Wildman–Crippen MR) is 66.7 cm³/mol. The number of hydrogen-bond donors (Lipinski definition) is 1. The Balaban J connectivity index is 2.21. The number of alkyl halides is 3. The van der Waals surface area contributed by atoms with Crippen molar-refractivity contribution < 1.29 is 18.0 Å². The molecule has 1 rings (SSSR count). The average molecular weight is 298 g/mol. The lowest BCUT2D eigenvalue weighted by atomic mass is 10.2. The fraction of sp³-hybridized carbons (Fsp3) is 0.364. The number of benzene rings is 1. The van der Waals surface area contributed by atoms with Gasteiger partial charge in [-0.1, -0.05) is 23.7 Å². The number of thioether (sulfide) groups is 1. The number of halogens is 4. The number of carbonyl (C=O) groups excluding carboxylic acids is 1. The zero-order valence-electron chi connectivity index (χ0n) is 9.26. The number of rotatable bonds is 5. The van der Waals surface area contributed by atoms with Crippen molar-refractivity contribution in [2.24, 2.45) is 0 Å². The average Bonchev–Trinajstić information content (AvgIpc) is 2.28. The maximum absolute atomic E-state index is 11.8. The van der Waals surface area contributed by atoms with E-state index in [0.717, 1.165) is 5.56 Å². The topological polar surface area (TPSA) is 29.1 Å². The highest BCUT2D eigenvalue weighted by Crippen LogP contribution is 2.16. The van der Waals surface area contributed by atoms with E-state index in [1.54, 1.807) is 12.1 Å². The Bertz CT molecular complexity index is 394. The maximum Gasteiger partial charge on any atom is 0.405 e. The van der Waals surface area contributed by atoms with Gasteiger partial charge in [-0.2, -0.15) is 13.2 Å². The number of nitrogens with one attached hydrogen (secondary N) is 1. The lowest BCUT2D eigenvalue weighted by Crippen LogP contribution is -2.34. The van der Waals surface area contributed by atoms with Crippen molar-refractivity contribution in [3.8, 4) is 0 Å². The molecule has 0 fully saturated rings. The molecule has 0 bridgehead atoms. The minimum atomic E-state index is -4.36. The second-order valence-corrected chi connectivity index (χ2v) is 4.93. The van der Waals surface area contributed by atoms with Crippen molar-refractivity contribution in [1.82, 2.24) is 5.32 Å². The Kier molecular flexibility index (Phi) is 5.81. The molecule has 1 aromatic carbocycles. The van der Waals surface area contributed by atoms with Gasteiger partial charge in [0, 0.05) is 10.8 Å². The van der Waals surface area contributed by atoms with Gasteiger partial charge >= 0.3 is 6.18 Å². The van der Waals surface area contributed by atoms with E-state index < -0.39 is 18.6 Å². The van der Waals surface area contributed by atoms with Gasteiger partial charge in [0.05, 0.1) is 5.75 Å². The minimum Gasteiger partial charge on any atom is -0.346 e. The highest BCUT2D eigenvalue weighted by atomic mass is 35.5. The zero-order chi connectivity index (χ0) is 13.6. The maximum atomic E-state index is 11.8. The third kappa shape index (κ3) is 6.76. The standard InChI is InChI=1S/C11H11ClF3NOS/c12-9-3-1-8(2-4-9)5-18-6-10(17)16-7-11(13,14)15/h1-4H,5-7H2,(H,16,17). The van der Waals surface area contributed by atoms with E-state index in [1.807, 2.05) is 17.4 Å². The largest absolute Gasteiger partial charge is 0.405 e. The quantitative estimate of drug-likeness (QED) is 0.904. The summed E-state index contributed by atoms with van der Waals surface area (Å²) in [6, 6.07) is 7.06. The van der Waals surface area contributed by atoms with Crippen LogP contribution in [-0.4, -0.2) is 24.4 Å². The van der Waals surface area contributed by atoms with Crippen LogP contribution < -0.4 is 5.32 Å². The van der Waals surface area contributed by atoms with Gasteiger partial charge in [-0.15, -0.1) is 11.8 Å². The van der Waals surface area contributed by atoms with Crippen molar-refractivity contribution in [1.29, 1.82) is 0 Å². The predicted octanol–water partition coefficient (Wildman–Crippen LogP) is 3.25. The molecule has 0 heterocycles. The summed E-state index contributed by atoms with van der Waals surface area (Å²) in [5.74, 6) is -0.0683. The van der Waals surface area contributed by atoms with Gasteiger partial charge in [0.1, 0.15) is 6.54 Å². The number of amides is 1. The first-order chi connectivity index (χ1) is 8.37. The Morgan fingerprint density at radius 3 is 2.44 bits per heavy atom. The fourth-order valence-electron chi connectivity index (χ4n) is 1.09. The molecule has 1 amide bonds. The Hall–Kier alpha value is -0.880. The van der Waals surface area contributed by atoms with Gasteiger partial charge < -0.3 is 5.32 Å². The molecule has 0 saturated heterocycles. The van der Waals surface area contributed by atoms with Crippen LogP contribution in [0.2, 0.25) is 5.02 Å². The molecule has 0 aliphatic carbocycles. The van der Waals surface area contributed by atoms with Gasteiger partial charge in [0.15, 0.2) is 0 Å². The zero-order valence-corrected chi connectivity index (χ0v) is 10.8. The van der Waals surface area contributed by atoms with Gasteiger partial charge in [-0.05, 0) is 17.7 Å². The molecule has 1 aromatic rings. The Labute approximate surface area is 112 Å². The summed E-state index contributed by atoms with van der Waals surface area (Å²) in [5, 5.41) is 2.43. The van der Waals surface area contributed by atoms with Gasteiger partial charge in [0.2, 0.25) is 5.91 Å². The van der Waals surface area contributed by atoms with Crippen LogP contribution in [0.25, 0.3) is 0 Å². The molecule has 0 saturated carbocycles. The molecule has 0 aliphatic heterocycles. The van der Waals surface area contributed by atoms with Crippen molar-refractivity contribution in [2.45, 2.75) is 11.9 Å². The molecule has 0 unspecified atom stereocenters. The van der Waals surface area contributed by atoms with Crippen LogP contribution in [0, 0.1) is 0 Å². The third-order valence-corrected chi connectivity index (χ3v) is 3.16. The molecule has 0 atom stereocenters. The normalized spacial score (nSPS) is 11.3. The van der Waals surface area contributed by atoms with Crippen LogP contribution >= 0.6 is 23.4 Å². The second kappa shape index (κ2) is 6.89. The van der Waals surface area contributed by atoms with Crippen LogP contribution in [0.15, 0.2) is 24.3 Å². The summed E-state index contributed by atoms with van der Waals surface area (Å²) in [7, 11) is 0. The summed E-state index contributed by atoms with van der Waals surface area (Å²) in [4.78, 5) is 11.1. The molecular formula is C11H11ClF3NOS. The second-order valence-electron chi connectivity index (χ2n) is 3.51. The van der Waals surface area contributed by atoms with Crippen LogP contribution in [0.1, 0.15) is 5.56 Å². The number of carbonyl (C=O) groups is 1. The Morgan fingerprint density at radius 1 is 1.28 bits per heavy atom. The van der Waals surface area contributed by atoms with Crippen LogP contribution in [0.5, 0.6) is 0 Å². The lowest BCUT2D eigenvalue weighted by Gasteiger charge is -2.08. The first kappa shape index (κ1) is 15.2. The summed E-state index contributed by atoms with van der Waals surface area (Å²) in [6.45, 7) is -1.28.